The Morgan fingerprint density at radius 1 is 0.646 bits per heavy atom. The van der Waals surface area contributed by atoms with Crippen molar-refractivity contribution in [2.75, 3.05) is 41.8 Å². The monoisotopic (exact) mass is 1420 g/mol. The summed E-state index contributed by atoms with van der Waals surface area (Å²) in [5.74, 6) is -6.49. The first-order chi connectivity index (χ1) is 46.8. The highest BCUT2D eigenvalue weighted by Crippen LogP contribution is 2.49. The van der Waals surface area contributed by atoms with Crippen LogP contribution in [-0.2, 0) is 77.2 Å². The van der Waals surface area contributed by atoms with E-state index < -0.39 is 92.1 Å². The van der Waals surface area contributed by atoms with Crippen molar-refractivity contribution >= 4 is 80.1 Å². The number of nitrogens with one attached hydrogen (secondary N) is 1. The topological polar surface area (TPSA) is 337 Å². The summed E-state index contributed by atoms with van der Waals surface area (Å²) in [5.41, 5.74) is 8.51. The molecule has 2 heterocycles. The number of allylic oxidation sites excluding steroid dienone is 7. The van der Waals surface area contributed by atoms with E-state index in [0.29, 0.717) is 81.5 Å². The maximum absolute atomic E-state index is 14.3. The Morgan fingerprint density at radius 3 is 1.93 bits per heavy atom. The molecule has 24 heteroatoms. The van der Waals surface area contributed by atoms with Crippen LogP contribution in [0.2, 0.25) is 0 Å². The van der Waals surface area contributed by atoms with E-state index in [2.05, 4.69) is 91.1 Å². The summed E-state index contributed by atoms with van der Waals surface area (Å²) in [4.78, 5) is 88.8. The van der Waals surface area contributed by atoms with E-state index in [0.717, 1.165) is 57.0 Å². The number of fused-ring (bicyclic) bond motifs is 2. The third kappa shape index (κ3) is 24.0. The molecule has 1 aliphatic carbocycles. The smallest absolute Gasteiger partial charge is 0.307 e. The van der Waals surface area contributed by atoms with E-state index in [1.165, 1.54) is 0 Å². The number of carbonyl (C=O) groups excluding carboxylic acids is 3. The zero-order chi connectivity index (χ0) is 72.1. The lowest BCUT2D eigenvalue weighted by atomic mass is 9.81. The molecule has 0 aromatic heterocycles. The molecule has 536 valence electrons. The third-order valence-electron chi connectivity index (χ3n) is 18.8. The molecule has 7 N–H and O–H groups in total. The number of aliphatic carboxylic acids is 3. The van der Waals surface area contributed by atoms with Crippen molar-refractivity contribution in [1.29, 1.82) is 0 Å². The van der Waals surface area contributed by atoms with Crippen molar-refractivity contribution in [2.45, 2.75) is 179 Å². The number of ketones is 2. The lowest BCUT2D eigenvalue weighted by molar-refractivity contribution is -0.438. The van der Waals surface area contributed by atoms with Crippen LogP contribution in [0.4, 0.5) is 11.4 Å². The van der Waals surface area contributed by atoms with E-state index in [9.17, 15) is 74.4 Å². The first kappa shape index (κ1) is 78.7. The van der Waals surface area contributed by atoms with Crippen LogP contribution >= 0.6 is 7.37 Å². The molecule has 0 radical (unpaired) electrons. The van der Waals surface area contributed by atoms with Crippen LogP contribution in [0, 0.1) is 11.8 Å². The van der Waals surface area contributed by atoms with Crippen molar-refractivity contribution in [3.8, 4) is 5.75 Å². The summed E-state index contributed by atoms with van der Waals surface area (Å²) in [6.45, 7) is 9.61. The number of unbranched alkanes of at least 4 members (excludes halogenated alkanes) is 6. The Bertz CT molecular complexity index is 3990. The fraction of sp³-hybridized carbons (Fsp3) is 0.480. The highest BCUT2D eigenvalue weighted by atomic mass is 32.2. The first-order valence-electron chi connectivity index (χ1n) is 34.3. The van der Waals surface area contributed by atoms with Gasteiger partial charge in [-0.1, -0.05) is 112 Å². The first-order valence-corrected chi connectivity index (χ1v) is 39.5. The Labute approximate surface area is 582 Å². The highest BCUT2D eigenvalue weighted by molar-refractivity contribution is 7.86. The molecule has 7 rings (SSSR count). The van der Waals surface area contributed by atoms with E-state index in [1.807, 2.05) is 54.6 Å². The molecule has 2 aliphatic heterocycles. The van der Waals surface area contributed by atoms with Gasteiger partial charge in [-0.25, -0.2) is 0 Å². The molecule has 1 amide bonds. The number of anilines is 1. The average Bonchev–Trinajstić information content (AvgIpc) is 1.60. The van der Waals surface area contributed by atoms with Crippen molar-refractivity contribution in [2.24, 2.45) is 11.8 Å². The van der Waals surface area contributed by atoms with Crippen LogP contribution in [0.25, 0.3) is 0 Å². The summed E-state index contributed by atoms with van der Waals surface area (Å²) in [6.07, 6.45) is 13.3. The van der Waals surface area contributed by atoms with Gasteiger partial charge in [0.1, 0.15) is 23.8 Å². The second kappa shape index (κ2) is 36.1. The molecule has 0 fully saturated rings. The van der Waals surface area contributed by atoms with Crippen LogP contribution < -0.4 is 15.0 Å². The number of hydrogen-bond donors (Lipinski definition) is 7. The maximum atomic E-state index is 14.3. The molecule has 99 heavy (non-hydrogen) atoms. The highest BCUT2D eigenvalue weighted by Gasteiger charge is 2.44. The number of amides is 1. The minimum absolute atomic E-state index is 0.0126. The second-order valence-corrected chi connectivity index (χ2v) is 33.0. The van der Waals surface area contributed by atoms with Gasteiger partial charge in [-0.05, 0) is 156 Å². The van der Waals surface area contributed by atoms with Crippen LogP contribution in [-0.4, -0.2) is 135 Å². The van der Waals surface area contributed by atoms with Gasteiger partial charge in [0.15, 0.2) is 11.5 Å². The molecular weight excluding hydrogens is 1330 g/mol. The Kier molecular flexibility index (Phi) is 28.7. The number of carboxylic acid groups (broad SMARTS) is 3. The summed E-state index contributed by atoms with van der Waals surface area (Å²) in [7, 11) is -12.1. The second-order valence-electron chi connectivity index (χ2n) is 27.3. The van der Waals surface area contributed by atoms with E-state index >= 15 is 0 Å². The molecule has 0 spiro atoms. The fourth-order valence-electron chi connectivity index (χ4n) is 13.5. The zero-order valence-corrected chi connectivity index (χ0v) is 59.7. The van der Waals surface area contributed by atoms with Crippen molar-refractivity contribution in [3.63, 3.8) is 0 Å². The van der Waals surface area contributed by atoms with Gasteiger partial charge >= 0.3 is 17.9 Å². The van der Waals surface area contributed by atoms with E-state index in [1.54, 1.807) is 24.3 Å². The van der Waals surface area contributed by atoms with Gasteiger partial charge < -0.3 is 35.2 Å². The average molecular weight is 1420 g/mol. The SMILES string of the molecule is CC1(C)C(=CC=C2CCCC(C=CC3=[N+](CCCCS(=O)(=O)O)c4ccccc4C3(C)C)=C2Oc2ccc(C[C@H](CC(=O)[C@H](Cc3ccccc3)NC(=O)CCCCCCC(=O)CC[C@H](CP(=O)(O)CCCCC(=O)O)C(=O)O)C(=O)O)cc2)N(CCCCS(=O)(=O)O)c2ccccc21. The van der Waals surface area contributed by atoms with Gasteiger partial charge in [-0.2, -0.15) is 21.4 Å². The predicted octanol–water partition coefficient (Wildman–Crippen LogP) is 12.9. The molecule has 1 unspecified atom stereocenters. The molecule has 0 saturated carbocycles. The zero-order valence-electron chi connectivity index (χ0n) is 57.2. The number of ether oxygens (including phenoxy) is 1. The van der Waals surface area contributed by atoms with E-state index in [4.69, 9.17) is 9.84 Å². The van der Waals surface area contributed by atoms with Crippen molar-refractivity contribution in [1.82, 2.24) is 5.32 Å². The van der Waals surface area contributed by atoms with Gasteiger partial charge in [0.25, 0.3) is 20.2 Å². The Hall–Kier alpha value is -7.66. The number of nitrogens with zero attached hydrogens (tertiary/aromatic N) is 2. The molecule has 21 nitrogen and oxygen atoms in total. The molecule has 4 aromatic carbocycles. The minimum atomic E-state index is -4.14. The van der Waals surface area contributed by atoms with Crippen molar-refractivity contribution in [3.05, 3.63) is 172 Å². The Morgan fingerprint density at radius 2 is 1.26 bits per heavy atom. The maximum Gasteiger partial charge on any atom is 0.307 e. The van der Waals surface area contributed by atoms with Gasteiger partial charge in [-0.3, -0.25) is 42.4 Å². The van der Waals surface area contributed by atoms with Gasteiger partial charge in [0.05, 0.1) is 34.8 Å². The summed E-state index contributed by atoms with van der Waals surface area (Å²) < 4.78 is 87.7. The van der Waals surface area contributed by atoms with Gasteiger partial charge in [0, 0.05) is 91.9 Å². The van der Waals surface area contributed by atoms with Crippen molar-refractivity contribution < 1.29 is 88.8 Å². The Balaban J connectivity index is 1.06. The number of Topliss-reactive ketones (excluding diaryl/α,β-unsaturated/α-hetero) is 2. The standard InChI is InChI=1S/C75H96N3O18PS2/c1-74(2)61-28-12-14-30-64(61)77(44-17-20-47-98(90,91)92)67(74)42-37-55-25-22-26-56(38-43-68-75(3,4)62-29-13-15-31-65(62)78(68)45-18-21-48-99(93,94)95)71(55)96-60-40-34-54(35-41-60)49-58(73(86)87)51-66(80)63(50-53-23-8-7-9-24-53)76-69(81)32-11-6-5-10-27-59(79)39-36-57(72(84)85)52-97(88,89)46-19-16-33-70(82)83/h7-9,12-15,23-24,28-31,34-35,37-38,40-43,57-58,63H,5-6,10-11,16-22,25-27,32-33,36,39,44-52H2,1-4H3,(H6-,76,81,82,83,84,85,86,87,88,89,90,91,92,93,94,95)/p+1/t57-,58-,63+/m1/s1. The van der Waals surface area contributed by atoms with Gasteiger partial charge in [-0.15, -0.1) is 0 Å². The number of benzene rings is 4. The molecule has 4 atom stereocenters. The van der Waals surface area contributed by atoms with Gasteiger partial charge in [0.2, 0.25) is 19.0 Å². The molecule has 3 aliphatic rings. The fourth-order valence-corrected chi connectivity index (χ4v) is 16.5. The lowest BCUT2D eigenvalue weighted by Crippen LogP contribution is -2.43. The summed E-state index contributed by atoms with van der Waals surface area (Å²) in [6, 6.07) is 31.4. The van der Waals surface area contributed by atoms with E-state index in [-0.39, 0.29) is 101 Å². The minimum Gasteiger partial charge on any atom is -0.481 e. The number of hydrogen-bond acceptors (Lipinski definition) is 13. The van der Waals surface area contributed by atoms with Crippen LogP contribution in [0.5, 0.6) is 5.75 Å². The number of carboxylic acids is 3. The number of para-hydroxylation sites is 2. The summed E-state index contributed by atoms with van der Waals surface area (Å²) in [5, 5.41) is 32.0. The van der Waals surface area contributed by atoms with Crippen LogP contribution in [0.3, 0.4) is 0 Å². The normalized spacial score (nSPS) is 17.5. The molecule has 0 saturated heterocycles. The van der Waals surface area contributed by atoms with Crippen LogP contribution in [0.15, 0.2) is 150 Å². The summed E-state index contributed by atoms with van der Waals surface area (Å²) >= 11 is 0. The molecule has 0 bridgehead atoms. The number of rotatable bonds is 42. The predicted molar refractivity (Wildman–Crippen MR) is 381 cm³/mol. The number of carbonyl (C=O) groups is 6. The third-order valence-corrected chi connectivity index (χ3v) is 22.5. The van der Waals surface area contributed by atoms with Crippen LogP contribution in [0.1, 0.15) is 172 Å². The molecular formula is C75H97N3O18PS2+. The largest absolute Gasteiger partial charge is 0.481 e. The molecule has 4 aromatic rings. The quantitative estimate of drug-likeness (QED) is 0.00938. The lowest BCUT2D eigenvalue weighted by Gasteiger charge is -2.27.